The molecule has 4 aromatic rings. The Labute approximate surface area is 212 Å². The minimum absolute atomic E-state index is 0.401. The van der Waals surface area contributed by atoms with Gasteiger partial charge in [-0.1, -0.05) is 12.1 Å². The summed E-state index contributed by atoms with van der Waals surface area (Å²) in [5.74, 6) is 0.576. The van der Waals surface area contributed by atoms with E-state index in [0.29, 0.717) is 23.8 Å². The minimum Gasteiger partial charge on any atom is -0.481 e. The van der Waals surface area contributed by atoms with Crippen molar-refractivity contribution in [1.29, 1.82) is 0 Å². The molecule has 0 radical (unpaired) electrons. The van der Waals surface area contributed by atoms with Crippen molar-refractivity contribution in [2.75, 3.05) is 17.7 Å². The Balaban J connectivity index is 1.51. The number of para-hydroxylation sites is 1. The molecule has 3 aromatic heterocycles. The zero-order valence-corrected chi connectivity index (χ0v) is 21.0. The van der Waals surface area contributed by atoms with Gasteiger partial charge in [0.25, 0.3) is 0 Å². The summed E-state index contributed by atoms with van der Waals surface area (Å²) in [6.45, 7) is 3.31. The van der Waals surface area contributed by atoms with E-state index in [2.05, 4.69) is 20.6 Å². The highest BCUT2D eigenvalue weighted by Gasteiger charge is 2.47. The molecule has 0 aliphatic heterocycles. The fourth-order valence-corrected chi connectivity index (χ4v) is 5.62. The third-order valence-electron chi connectivity index (χ3n) is 6.58. The number of hydrogen-bond acceptors (Lipinski definition) is 10. The molecule has 9 nitrogen and oxygen atoms in total. The number of hydrogen-bond donors (Lipinski definition) is 5. The van der Waals surface area contributed by atoms with E-state index in [1.165, 1.54) is 0 Å². The van der Waals surface area contributed by atoms with Crippen LogP contribution in [0.15, 0.2) is 54.9 Å². The summed E-state index contributed by atoms with van der Waals surface area (Å²) in [6, 6.07) is 12.9. The number of methoxy groups -OCH3 is 1. The average molecular weight is 508 g/mol. The van der Waals surface area contributed by atoms with Crippen molar-refractivity contribution < 1.29 is 20.1 Å². The predicted octanol–water partition coefficient (Wildman–Crippen LogP) is 3.80. The molecule has 1 aliphatic carbocycles. The van der Waals surface area contributed by atoms with Crippen LogP contribution in [0.3, 0.4) is 0 Å². The summed E-state index contributed by atoms with van der Waals surface area (Å²) in [7, 11) is 1.56. The Morgan fingerprint density at radius 2 is 1.89 bits per heavy atom. The summed E-state index contributed by atoms with van der Waals surface area (Å²) in [5, 5.41) is 39.4. The number of thiazole rings is 1. The molecule has 1 unspecified atom stereocenters. The summed E-state index contributed by atoms with van der Waals surface area (Å²) in [4.78, 5) is 13.5. The average Bonchev–Trinajstić information content (AvgIpc) is 3.41. The third kappa shape index (κ3) is 4.85. The molecule has 1 fully saturated rings. The number of fused-ring (bicyclic) bond motifs is 1. The first-order valence-corrected chi connectivity index (χ1v) is 12.5. The number of benzene rings is 1. The van der Waals surface area contributed by atoms with E-state index in [1.54, 1.807) is 50.8 Å². The zero-order chi connectivity index (χ0) is 25.4. The molecular formula is C26H29N5O4S. The van der Waals surface area contributed by atoms with Crippen LogP contribution in [0.5, 0.6) is 5.88 Å². The van der Waals surface area contributed by atoms with E-state index >= 15 is 0 Å². The van der Waals surface area contributed by atoms with Crippen LogP contribution < -0.4 is 15.4 Å². The largest absolute Gasteiger partial charge is 0.481 e. The van der Waals surface area contributed by atoms with Gasteiger partial charge in [0.1, 0.15) is 16.9 Å². The first-order chi connectivity index (χ1) is 17.2. The van der Waals surface area contributed by atoms with Gasteiger partial charge >= 0.3 is 0 Å². The number of nitrogens with one attached hydrogen (secondary N) is 2. The number of anilines is 3. The first-order valence-electron chi connectivity index (χ1n) is 11.7. The van der Waals surface area contributed by atoms with Crippen LogP contribution >= 0.6 is 11.3 Å². The van der Waals surface area contributed by atoms with Gasteiger partial charge in [0.15, 0.2) is 0 Å². The second kappa shape index (κ2) is 9.62. The fraction of sp³-hybridized carbons (Fsp3) is 0.346. The monoisotopic (exact) mass is 507 g/mol. The normalized spacial score (nSPS) is 22.1. The fourth-order valence-electron chi connectivity index (χ4n) is 4.63. The molecule has 0 spiro atoms. The van der Waals surface area contributed by atoms with Crippen molar-refractivity contribution in [2.45, 2.75) is 44.1 Å². The summed E-state index contributed by atoms with van der Waals surface area (Å²) < 4.78 is 6.27. The number of rotatable bonds is 7. The van der Waals surface area contributed by atoms with Crippen LogP contribution in [-0.2, 0) is 0 Å². The van der Waals surface area contributed by atoms with Crippen molar-refractivity contribution in [1.82, 2.24) is 15.0 Å². The molecular weight excluding hydrogens is 478 g/mol. The van der Waals surface area contributed by atoms with Gasteiger partial charge in [-0.05, 0) is 38.5 Å². The zero-order valence-electron chi connectivity index (χ0n) is 20.2. The Hall–Kier alpha value is -3.31. The van der Waals surface area contributed by atoms with Crippen molar-refractivity contribution in [3.63, 3.8) is 0 Å². The molecule has 36 heavy (non-hydrogen) atoms. The molecule has 1 aromatic carbocycles. The Morgan fingerprint density at radius 3 is 2.61 bits per heavy atom. The number of nitrogens with zero attached hydrogens (tertiary/aromatic N) is 3. The van der Waals surface area contributed by atoms with Crippen molar-refractivity contribution >= 4 is 38.7 Å². The van der Waals surface area contributed by atoms with E-state index in [4.69, 9.17) is 9.72 Å². The molecule has 0 saturated heterocycles. The molecule has 10 heteroatoms. The van der Waals surface area contributed by atoms with Gasteiger partial charge in [-0.2, -0.15) is 0 Å². The molecule has 1 saturated carbocycles. The third-order valence-corrected chi connectivity index (χ3v) is 7.64. The van der Waals surface area contributed by atoms with E-state index in [-0.39, 0.29) is 0 Å². The van der Waals surface area contributed by atoms with Gasteiger partial charge in [-0.3, -0.25) is 0 Å². The molecule has 0 amide bonds. The minimum atomic E-state index is -1.13. The molecule has 1 aliphatic rings. The second-order valence-corrected chi connectivity index (χ2v) is 10.6. The number of pyridine rings is 2. The lowest BCUT2D eigenvalue weighted by molar-refractivity contribution is -0.0601. The maximum Gasteiger partial charge on any atom is 0.214 e. The van der Waals surface area contributed by atoms with Crippen molar-refractivity contribution in [2.24, 2.45) is 5.92 Å². The van der Waals surface area contributed by atoms with Crippen molar-refractivity contribution in [3.05, 3.63) is 54.9 Å². The van der Waals surface area contributed by atoms with Gasteiger partial charge in [0, 0.05) is 41.8 Å². The van der Waals surface area contributed by atoms with Gasteiger partial charge < -0.3 is 30.7 Å². The van der Waals surface area contributed by atoms with E-state index in [0.717, 1.165) is 26.5 Å². The van der Waals surface area contributed by atoms with Gasteiger partial charge in [-0.15, -0.1) is 11.3 Å². The number of aliphatic hydroxyl groups is 3. The maximum absolute atomic E-state index is 10.8. The molecule has 5 N–H and O–H groups in total. The quantitative estimate of drug-likeness (QED) is 0.253. The van der Waals surface area contributed by atoms with Crippen LogP contribution in [0.4, 0.5) is 17.2 Å². The number of ether oxygens (including phenoxy) is 1. The maximum atomic E-state index is 10.8. The first kappa shape index (κ1) is 24.4. The van der Waals surface area contributed by atoms with E-state index < -0.39 is 29.8 Å². The second-order valence-electron chi connectivity index (χ2n) is 9.54. The smallest absolute Gasteiger partial charge is 0.214 e. The molecule has 0 bridgehead atoms. The predicted molar refractivity (Wildman–Crippen MR) is 141 cm³/mol. The Kier molecular flexibility index (Phi) is 6.52. The number of aliphatic hydroxyl groups excluding tert-OH is 2. The summed E-state index contributed by atoms with van der Waals surface area (Å²) in [5.41, 5.74) is 2.01. The summed E-state index contributed by atoms with van der Waals surface area (Å²) >= 11 is 1.56. The Morgan fingerprint density at radius 1 is 1.08 bits per heavy atom. The van der Waals surface area contributed by atoms with Crippen LogP contribution in [0.1, 0.15) is 20.3 Å². The van der Waals surface area contributed by atoms with Gasteiger partial charge in [-0.25, -0.2) is 15.0 Å². The standard InChI is InChI=1S/C26H29N5O4S/c1-26(2,34)16-11-19(24(33)23(16)32)30-18-12-21(29-14-8-9-27-22(10-14)35-3)28-13-15(18)25-31-17-6-4-5-7-20(17)36-25/h4-10,12-13,16,19,23-24,32-34H,11H2,1-3H3,(H2,27,28,29,30)/t16?,19-,23-,24+/m1/s1. The van der Waals surface area contributed by atoms with E-state index in [9.17, 15) is 15.3 Å². The topological polar surface area (TPSA) is 133 Å². The summed E-state index contributed by atoms with van der Waals surface area (Å²) in [6.07, 6.45) is 1.70. The van der Waals surface area contributed by atoms with Gasteiger partial charge in [0.2, 0.25) is 5.88 Å². The van der Waals surface area contributed by atoms with E-state index in [1.807, 2.05) is 36.4 Å². The number of aromatic nitrogens is 3. The van der Waals surface area contributed by atoms with Crippen LogP contribution in [0.25, 0.3) is 20.8 Å². The molecule has 5 rings (SSSR count). The highest BCUT2D eigenvalue weighted by molar-refractivity contribution is 7.21. The molecule has 188 valence electrons. The van der Waals surface area contributed by atoms with Crippen LogP contribution in [0, 0.1) is 5.92 Å². The lowest BCUT2D eigenvalue weighted by Crippen LogP contribution is -2.40. The van der Waals surface area contributed by atoms with Crippen LogP contribution in [0.2, 0.25) is 0 Å². The lowest BCUT2D eigenvalue weighted by Gasteiger charge is -2.28. The highest BCUT2D eigenvalue weighted by Crippen LogP contribution is 2.40. The molecule has 4 atom stereocenters. The van der Waals surface area contributed by atoms with Crippen molar-refractivity contribution in [3.8, 4) is 16.5 Å². The highest BCUT2D eigenvalue weighted by atomic mass is 32.1. The van der Waals surface area contributed by atoms with Crippen LogP contribution in [-0.4, -0.2) is 61.2 Å². The Bertz CT molecular complexity index is 1340. The lowest BCUT2D eigenvalue weighted by atomic mass is 9.88. The SMILES string of the molecule is COc1cc(Nc2cc(N[C@@H]3CC(C(C)(C)O)[C@@H](O)[C@H]3O)c(-c3nc4ccccc4s3)cn2)ccn1. The molecule has 3 heterocycles. The van der Waals surface area contributed by atoms with Gasteiger partial charge in [0.05, 0.1) is 40.6 Å².